The number of ether oxygens (including phenoxy) is 1. The maximum atomic E-state index is 11.7. The van der Waals surface area contributed by atoms with Crippen LogP contribution >= 0.6 is 11.8 Å². The van der Waals surface area contributed by atoms with Crippen molar-refractivity contribution in [3.8, 4) is 12.3 Å². The third-order valence-electron chi connectivity index (χ3n) is 2.49. The average Bonchev–Trinajstić information content (AvgIpc) is 2.41. The van der Waals surface area contributed by atoms with E-state index in [9.17, 15) is 9.59 Å². The fraction of sp³-hybridized carbons (Fsp3) is 0.500. The van der Waals surface area contributed by atoms with Gasteiger partial charge in [0.15, 0.2) is 0 Å². The van der Waals surface area contributed by atoms with Crippen molar-refractivity contribution in [3.63, 3.8) is 0 Å². The molecule has 0 fully saturated rings. The number of nitrogens with zero attached hydrogens (tertiary/aromatic N) is 1. The highest BCUT2D eigenvalue weighted by Crippen LogP contribution is 2.10. The monoisotopic (exact) mass is 298 g/mol. The lowest BCUT2D eigenvalue weighted by Crippen LogP contribution is -2.35. The van der Waals surface area contributed by atoms with E-state index in [1.807, 2.05) is 0 Å². The molecule has 1 aromatic heterocycles. The molecule has 0 aliphatic rings. The van der Waals surface area contributed by atoms with Crippen LogP contribution in [-0.4, -0.2) is 41.3 Å². The summed E-state index contributed by atoms with van der Waals surface area (Å²) < 4.78 is 6.17. The molecule has 1 heterocycles. The lowest BCUT2D eigenvalue weighted by Gasteiger charge is -2.13. The van der Waals surface area contributed by atoms with Gasteiger partial charge in [0.1, 0.15) is 11.5 Å². The molecule has 0 saturated carbocycles. The molecular weight excluding hydrogens is 280 g/mol. The second kappa shape index (κ2) is 8.35. The molecular formula is C12H18N4O3S. The SMILES string of the molecule is C#CCSCCNc1c(N)n(CCOC)c(=O)[nH]c1=O. The molecule has 1 rings (SSSR count). The molecule has 0 saturated heterocycles. The van der Waals surface area contributed by atoms with Crippen molar-refractivity contribution < 1.29 is 4.74 Å². The Kier molecular flexibility index (Phi) is 6.76. The van der Waals surface area contributed by atoms with Gasteiger partial charge in [0, 0.05) is 19.4 Å². The van der Waals surface area contributed by atoms with E-state index in [0.717, 1.165) is 5.75 Å². The number of anilines is 2. The number of H-pyrrole nitrogens is 1. The molecule has 0 amide bonds. The van der Waals surface area contributed by atoms with Crippen molar-refractivity contribution in [2.75, 3.05) is 42.8 Å². The standard InChI is InChI=1S/C12H18N4O3S/c1-3-7-20-8-4-14-9-10(13)16(5-6-19-2)12(18)15-11(9)17/h1,14H,4-8,13H2,2H3,(H,15,17,18). The summed E-state index contributed by atoms with van der Waals surface area (Å²) in [5.74, 6) is 3.97. The van der Waals surface area contributed by atoms with E-state index >= 15 is 0 Å². The molecule has 7 nitrogen and oxygen atoms in total. The van der Waals surface area contributed by atoms with Crippen LogP contribution in [0.2, 0.25) is 0 Å². The van der Waals surface area contributed by atoms with Crippen LogP contribution in [0, 0.1) is 12.3 Å². The summed E-state index contributed by atoms with van der Waals surface area (Å²) in [5.41, 5.74) is 4.98. The number of nitrogens with one attached hydrogen (secondary N) is 2. The highest BCUT2D eigenvalue weighted by molar-refractivity contribution is 7.99. The zero-order chi connectivity index (χ0) is 15.0. The largest absolute Gasteiger partial charge is 0.383 e. The molecule has 0 bridgehead atoms. The first kappa shape index (κ1) is 16.2. The zero-order valence-electron chi connectivity index (χ0n) is 11.3. The predicted octanol–water partition coefficient (Wildman–Crippen LogP) is -0.456. The van der Waals surface area contributed by atoms with Gasteiger partial charge in [0.2, 0.25) is 0 Å². The van der Waals surface area contributed by atoms with Gasteiger partial charge in [-0.2, -0.15) is 0 Å². The molecule has 0 aromatic carbocycles. The highest BCUT2D eigenvalue weighted by Gasteiger charge is 2.11. The van der Waals surface area contributed by atoms with Crippen molar-refractivity contribution in [1.82, 2.24) is 9.55 Å². The van der Waals surface area contributed by atoms with Gasteiger partial charge < -0.3 is 15.8 Å². The van der Waals surface area contributed by atoms with Crippen LogP contribution in [0.4, 0.5) is 11.5 Å². The first-order chi connectivity index (χ1) is 9.61. The van der Waals surface area contributed by atoms with Gasteiger partial charge in [-0.05, 0) is 0 Å². The van der Waals surface area contributed by atoms with Gasteiger partial charge in [0.25, 0.3) is 5.56 Å². The molecule has 0 spiro atoms. The van der Waals surface area contributed by atoms with E-state index in [0.29, 0.717) is 18.9 Å². The molecule has 8 heteroatoms. The number of nitrogens with two attached hydrogens (primary N) is 1. The summed E-state index contributed by atoms with van der Waals surface area (Å²) in [5, 5.41) is 2.93. The lowest BCUT2D eigenvalue weighted by molar-refractivity contribution is 0.186. The van der Waals surface area contributed by atoms with Crippen LogP contribution in [0.1, 0.15) is 0 Å². The smallest absolute Gasteiger partial charge is 0.330 e. The molecule has 20 heavy (non-hydrogen) atoms. The van der Waals surface area contributed by atoms with Crippen LogP contribution in [0.15, 0.2) is 9.59 Å². The maximum absolute atomic E-state index is 11.7. The Morgan fingerprint density at radius 2 is 2.30 bits per heavy atom. The van der Waals surface area contributed by atoms with Crippen molar-refractivity contribution in [2.24, 2.45) is 0 Å². The summed E-state index contributed by atoms with van der Waals surface area (Å²) in [6.07, 6.45) is 5.14. The number of aromatic nitrogens is 2. The topological polar surface area (TPSA) is 102 Å². The molecule has 0 atom stereocenters. The maximum Gasteiger partial charge on any atom is 0.330 e. The third-order valence-corrected chi connectivity index (χ3v) is 3.36. The Labute approximate surface area is 120 Å². The quantitative estimate of drug-likeness (QED) is 0.443. The first-order valence-corrected chi connectivity index (χ1v) is 7.14. The van der Waals surface area contributed by atoms with E-state index in [1.165, 1.54) is 11.7 Å². The normalized spacial score (nSPS) is 10.2. The number of nitrogen functional groups attached to an aromatic ring is 1. The second-order valence-electron chi connectivity index (χ2n) is 3.85. The minimum absolute atomic E-state index is 0.109. The Bertz CT molecular complexity index is 588. The van der Waals surface area contributed by atoms with Crippen molar-refractivity contribution in [2.45, 2.75) is 6.54 Å². The van der Waals surface area contributed by atoms with Gasteiger partial charge in [-0.1, -0.05) is 5.92 Å². The minimum Gasteiger partial charge on any atom is -0.383 e. The average molecular weight is 298 g/mol. The Hall–Kier alpha value is -1.85. The molecule has 1 aromatic rings. The van der Waals surface area contributed by atoms with Crippen LogP contribution in [0.3, 0.4) is 0 Å². The number of methoxy groups -OCH3 is 1. The molecule has 0 aliphatic heterocycles. The fourth-order valence-corrected chi connectivity index (χ4v) is 2.05. The van der Waals surface area contributed by atoms with Crippen LogP contribution in [-0.2, 0) is 11.3 Å². The van der Waals surface area contributed by atoms with Gasteiger partial charge in [-0.15, -0.1) is 18.2 Å². The Balaban J connectivity index is 2.82. The summed E-state index contributed by atoms with van der Waals surface area (Å²) in [7, 11) is 1.52. The summed E-state index contributed by atoms with van der Waals surface area (Å²) in [4.78, 5) is 25.6. The highest BCUT2D eigenvalue weighted by atomic mass is 32.2. The van der Waals surface area contributed by atoms with E-state index in [2.05, 4.69) is 16.2 Å². The van der Waals surface area contributed by atoms with E-state index in [-0.39, 0.29) is 18.1 Å². The molecule has 110 valence electrons. The van der Waals surface area contributed by atoms with Crippen molar-refractivity contribution in [1.29, 1.82) is 0 Å². The molecule has 0 unspecified atom stereocenters. The van der Waals surface area contributed by atoms with Crippen molar-refractivity contribution in [3.05, 3.63) is 20.8 Å². The molecule has 0 aliphatic carbocycles. The lowest BCUT2D eigenvalue weighted by atomic mass is 10.4. The van der Waals surface area contributed by atoms with E-state index < -0.39 is 11.2 Å². The van der Waals surface area contributed by atoms with Crippen LogP contribution < -0.4 is 22.3 Å². The number of hydrogen-bond donors (Lipinski definition) is 3. The number of rotatable bonds is 8. The zero-order valence-corrected chi connectivity index (χ0v) is 12.1. The number of hydrogen-bond acceptors (Lipinski definition) is 6. The minimum atomic E-state index is -0.545. The third kappa shape index (κ3) is 4.36. The fourth-order valence-electron chi connectivity index (χ4n) is 1.54. The number of terminal acetylenes is 1. The van der Waals surface area contributed by atoms with Crippen molar-refractivity contribution >= 4 is 23.3 Å². The number of aromatic amines is 1. The van der Waals surface area contributed by atoms with Gasteiger partial charge >= 0.3 is 5.69 Å². The Morgan fingerprint density at radius 1 is 1.55 bits per heavy atom. The van der Waals surface area contributed by atoms with Gasteiger partial charge in [-0.25, -0.2) is 4.79 Å². The predicted molar refractivity (Wildman–Crippen MR) is 82.3 cm³/mol. The summed E-state index contributed by atoms with van der Waals surface area (Å²) >= 11 is 1.57. The number of thioether (sulfide) groups is 1. The van der Waals surface area contributed by atoms with Crippen LogP contribution in [0.5, 0.6) is 0 Å². The van der Waals surface area contributed by atoms with Gasteiger partial charge in [0.05, 0.1) is 18.9 Å². The Morgan fingerprint density at radius 3 is 2.95 bits per heavy atom. The summed E-state index contributed by atoms with van der Waals surface area (Å²) in [6, 6.07) is 0. The van der Waals surface area contributed by atoms with E-state index in [4.69, 9.17) is 16.9 Å². The second-order valence-corrected chi connectivity index (χ2v) is 4.95. The van der Waals surface area contributed by atoms with Gasteiger partial charge in [-0.3, -0.25) is 14.3 Å². The van der Waals surface area contributed by atoms with Crippen LogP contribution in [0.25, 0.3) is 0 Å². The summed E-state index contributed by atoms with van der Waals surface area (Å²) in [6.45, 7) is 1.13. The molecule has 4 N–H and O–H groups in total. The van der Waals surface area contributed by atoms with E-state index in [1.54, 1.807) is 11.8 Å². The molecule has 0 radical (unpaired) electrons. The first-order valence-electron chi connectivity index (χ1n) is 5.98.